The third kappa shape index (κ3) is 4.17. The van der Waals surface area contributed by atoms with E-state index >= 15 is 0 Å². The van der Waals surface area contributed by atoms with E-state index in [-0.39, 0.29) is 24.2 Å². The summed E-state index contributed by atoms with van der Waals surface area (Å²) in [5, 5.41) is 0. The second-order valence-corrected chi connectivity index (χ2v) is 5.79. The van der Waals surface area contributed by atoms with Crippen molar-refractivity contribution >= 4 is 5.91 Å². The van der Waals surface area contributed by atoms with E-state index in [1.807, 2.05) is 18.2 Å². The molecule has 0 spiro atoms. The fourth-order valence-corrected chi connectivity index (χ4v) is 2.86. The molecule has 2 aromatic carbocycles. The molecule has 1 saturated heterocycles. The van der Waals surface area contributed by atoms with Crippen molar-refractivity contribution < 1.29 is 13.9 Å². The number of carbonyl (C=O) groups excluding carboxylic acids is 1. The number of morpholine rings is 1. The highest BCUT2D eigenvalue weighted by Gasteiger charge is 2.24. The zero-order valence-electron chi connectivity index (χ0n) is 13.0. The largest absolute Gasteiger partial charge is 0.374 e. The van der Waals surface area contributed by atoms with Crippen molar-refractivity contribution in [1.29, 1.82) is 0 Å². The summed E-state index contributed by atoms with van der Waals surface area (Å²) in [5.41, 5.74) is 1.64. The monoisotopic (exact) mass is 313 g/mol. The summed E-state index contributed by atoms with van der Waals surface area (Å²) in [4.78, 5) is 14.2. The predicted octanol–water partition coefficient (Wildman–Crippen LogP) is 2.84. The highest BCUT2D eigenvalue weighted by molar-refractivity contribution is 5.79. The first kappa shape index (κ1) is 15.7. The molecule has 1 aliphatic rings. The molecule has 3 nitrogen and oxygen atoms in total. The molecule has 2 aromatic rings. The van der Waals surface area contributed by atoms with Crippen LogP contribution >= 0.6 is 0 Å². The second-order valence-electron chi connectivity index (χ2n) is 5.79. The van der Waals surface area contributed by atoms with Crippen molar-refractivity contribution in [2.45, 2.75) is 18.9 Å². The fraction of sp³-hybridized carbons (Fsp3) is 0.316. The van der Waals surface area contributed by atoms with Crippen LogP contribution in [0.3, 0.4) is 0 Å². The number of hydrogen-bond acceptors (Lipinski definition) is 2. The summed E-state index contributed by atoms with van der Waals surface area (Å²) in [5.74, 6) is -0.369. The summed E-state index contributed by atoms with van der Waals surface area (Å²) < 4.78 is 19.5. The summed E-state index contributed by atoms with van der Waals surface area (Å²) in [6.45, 7) is 1.65. The van der Waals surface area contributed by atoms with E-state index in [9.17, 15) is 9.18 Å². The molecule has 0 saturated carbocycles. The van der Waals surface area contributed by atoms with E-state index < -0.39 is 0 Å². The maximum absolute atomic E-state index is 13.7. The lowest BCUT2D eigenvalue weighted by Crippen LogP contribution is -2.47. The quantitative estimate of drug-likeness (QED) is 0.869. The van der Waals surface area contributed by atoms with Crippen molar-refractivity contribution in [3.05, 3.63) is 71.5 Å². The molecule has 4 heteroatoms. The van der Waals surface area contributed by atoms with Crippen LogP contribution in [0.25, 0.3) is 0 Å². The Balaban J connectivity index is 1.59. The number of carbonyl (C=O) groups is 1. The molecule has 1 fully saturated rings. The molecule has 23 heavy (non-hydrogen) atoms. The molecule has 120 valence electrons. The van der Waals surface area contributed by atoms with Crippen LogP contribution in [0.5, 0.6) is 0 Å². The molecular weight excluding hydrogens is 293 g/mol. The van der Waals surface area contributed by atoms with E-state index in [1.54, 1.807) is 23.1 Å². The van der Waals surface area contributed by atoms with Crippen LogP contribution in [-0.2, 0) is 22.4 Å². The normalized spacial score (nSPS) is 18.0. The van der Waals surface area contributed by atoms with Gasteiger partial charge in [-0.25, -0.2) is 4.39 Å². The minimum Gasteiger partial charge on any atom is -0.374 e. The van der Waals surface area contributed by atoms with Crippen LogP contribution < -0.4 is 0 Å². The third-order valence-corrected chi connectivity index (χ3v) is 4.10. The van der Waals surface area contributed by atoms with Gasteiger partial charge in [-0.1, -0.05) is 48.5 Å². The molecule has 0 aliphatic carbocycles. The summed E-state index contributed by atoms with van der Waals surface area (Å²) in [6.07, 6.45) is 0.880. The van der Waals surface area contributed by atoms with Gasteiger partial charge in [-0.15, -0.1) is 0 Å². The Bertz CT molecular complexity index is 659. The molecule has 1 aliphatic heterocycles. The molecule has 1 amide bonds. The lowest BCUT2D eigenvalue weighted by Gasteiger charge is -2.33. The maximum Gasteiger partial charge on any atom is 0.227 e. The van der Waals surface area contributed by atoms with Gasteiger partial charge in [0.15, 0.2) is 0 Å². The Morgan fingerprint density at radius 3 is 2.65 bits per heavy atom. The van der Waals surface area contributed by atoms with Crippen molar-refractivity contribution in [3.63, 3.8) is 0 Å². The summed E-state index contributed by atoms with van der Waals surface area (Å²) in [6, 6.07) is 16.5. The molecule has 0 radical (unpaired) electrons. The van der Waals surface area contributed by atoms with E-state index in [0.29, 0.717) is 25.3 Å². The van der Waals surface area contributed by atoms with Gasteiger partial charge in [0.25, 0.3) is 0 Å². The highest BCUT2D eigenvalue weighted by atomic mass is 19.1. The standard InChI is InChI=1S/C19H20FNO2/c20-18-9-5-4-8-16(18)13-19(22)21-10-11-23-17(14-21)12-15-6-2-1-3-7-15/h1-9,17H,10-14H2. The minimum absolute atomic E-state index is 0.00396. The average Bonchev–Trinajstić information content (AvgIpc) is 2.58. The molecule has 1 heterocycles. The number of amides is 1. The smallest absolute Gasteiger partial charge is 0.227 e. The van der Waals surface area contributed by atoms with Gasteiger partial charge in [0.2, 0.25) is 5.91 Å². The van der Waals surface area contributed by atoms with E-state index in [0.717, 1.165) is 6.42 Å². The van der Waals surface area contributed by atoms with Gasteiger partial charge in [0, 0.05) is 19.5 Å². The van der Waals surface area contributed by atoms with Crippen LogP contribution in [0.15, 0.2) is 54.6 Å². The van der Waals surface area contributed by atoms with E-state index in [1.165, 1.54) is 11.6 Å². The van der Waals surface area contributed by atoms with Gasteiger partial charge in [-0.3, -0.25) is 4.79 Å². The molecule has 0 aromatic heterocycles. The highest BCUT2D eigenvalue weighted by Crippen LogP contribution is 2.14. The Morgan fingerprint density at radius 1 is 1.13 bits per heavy atom. The van der Waals surface area contributed by atoms with Crippen LogP contribution in [-0.4, -0.2) is 36.6 Å². The van der Waals surface area contributed by atoms with Gasteiger partial charge in [-0.05, 0) is 17.2 Å². The SMILES string of the molecule is O=C(Cc1ccccc1F)N1CCOC(Cc2ccccc2)C1. The first-order chi connectivity index (χ1) is 11.2. The maximum atomic E-state index is 13.7. The lowest BCUT2D eigenvalue weighted by atomic mass is 10.1. The van der Waals surface area contributed by atoms with Crippen LogP contribution in [0.1, 0.15) is 11.1 Å². The van der Waals surface area contributed by atoms with Crippen LogP contribution in [0.2, 0.25) is 0 Å². The second kappa shape index (κ2) is 7.38. The lowest BCUT2D eigenvalue weighted by molar-refractivity contribution is -0.138. The first-order valence-electron chi connectivity index (χ1n) is 7.89. The van der Waals surface area contributed by atoms with Crippen molar-refractivity contribution in [2.75, 3.05) is 19.7 Å². The van der Waals surface area contributed by atoms with Gasteiger partial charge in [0.05, 0.1) is 19.1 Å². The molecule has 0 bridgehead atoms. The molecule has 1 atom stereocenters. The van der Waals surface area contributed by atoms with Gasteiger partial charge in [0.1, 0.15) is 5.82 Å². The van der Waals surface area contributed by atoms with E-state index in [2.05, 4.69) is 12.1 Å². The first-order valence-corrected chi connectivity index (χ1v) is 7.89. The zero-order chi connectivity index (χ0) is 16.1. The molecule has 3 rings (SSSR count). The Morgan fingerprint density at radius 2 is 1.87 bits per heavy atom. The van der Waals surface area contributed by atoms with Crippen molar-refractivity contribution in [3.8, 4) is 0 Å². The molecule has 0 N–H and O–H groups in total. The fourth-order valence-electron chi connectivity index (χ4n) is 2.86. The van der Waals surface area contributed by atoms with Crippen LogP contribution in [0, 0.1) is 5.82 Å². The van der Waals surface area contributed by atoms with Crippen LogP contribution in [0.4, 0.5) is 4.39 Å². The van der Waals surface area contributed by atoms with Crippen molar-refractivity contribution in [2.24, 2.45) is 0 Å². The van der Waals surface area contributed by atoms with E-state index in [4.69, 9.17) is 4.74 Å². The minimum atomic E-state index is -0.324. The third-order valence-electron chi connectivity index (χ3n) is 4.10. The predicted molar refractivity (Wildman–Crippen MR) is 86.6 cm³/mol. The number of hydrogen-bond donors (Lipinski definition) is 0. The average molecular weight is 313 g/mol. The summed E-state index contributed by atoms with van der Waals surface area (Å²) >= 11 is 0. The Labute approximate surface area is 135 Å². The van der Waals surface area contributed by atoms with Gasteiger partial charge < -0.3 is 9.64 Å². The van der Waals surface area contributed by atoms with Gasteiger partial charge >= 0.3 is 0 Å². The van der Waals surface area contributed by atoms with Crippen molar-refractivity contribution in [1.82, 2.24) is 4.90 Å². The van der Waals surface area contributed by atoms with Gasteiger partial charge in [-0.2, -0.15) is 0 Å². The number of rotatable bonds is 4. The molecular formula is C19H20FNO2. The molecule has 1 unspecified atom stereocenters. The summed E-state index contributed by atoms with van der Waals surface area (Å²) in [7, 11) is 0. The number of ether oxygens (including phenoxy) is 1. The Kier molecular flexibility index (Phi) is 5.03. The topological polar surface area (TPSA) is 29.5 Å². The number of benzene rings is 2. The number of nitrogens with zero attached hydrogens (tertiary/aromatic N) is 1. The Hall–Kier alpha value is -2.20. The zero-order valence-corrected chi connectivity index (χ0v) is 13.0. The number of halogens is 1.